The quantitative estimate of drug-likeness (QED) is 0.829. The van der Waals surface area contributed by atoms with Crippen molar-refractivity contribution in [1.82, 2.24) is 10.3 Å². The minimum absolute atomic E-state index is 0.151. The number of alkyl halides is 3. The molecule has 1 fully saturated rings. The molecule has 5 nitrogen and oxygen atoms in total. The summed E-state index contributed by atoms with van der Waals surface area (Å²) < 4.78 is 43.5. The lowest BCUT2D eigenvalue weighted by Crippen LogP contribution is -2.48. The Morgan fingerprint density at radius 1 is 1.46 bits per heavy atom. The molecule has 1 N–H and O–H groups in total. The van der Waals surface area contributed by atoms with Crippen LogP contribution in [-0.2, 0) is 10.9 Å². The summed E-state index contributed by atoms with van der Waals surface area (Å²) in [6.07, 6.45) is 0.623. The largest absolute Gasteiger partial charge is 0.450 e. The zero-order valence-corrected chi connectivity index (χ0v) is 13.6. The first kappa shape index (κ1) is 18.4. The summed E-state index contributed by atoms with van der Waals surface area (Å²) in [5.41, 5.74) is -0.357. The van der Waals surface area contributed by atoms with E-state index in [0.29, 0.717) is 25.4 Å². The predicted molar refractivity (Wildman–Crippen MR) is 83.9 cm³/mol. The maximum atomic E-state index is 12.8. The molecule has 0 saturated carbocycles. The van der Waals surface area contributed by atoms with Crippen molar-refractivity contribution in [3.05, 3.63) is 24.0 Å². The maximum absolute atomic E-state index is 12.8. The van der Waals surface area contributed by atoms with E-state index in [9.17, 15) is 18.0 Å². The molecule has 1 saturated heterocycles. The Hall–Kier alpha value is -1.99. The molecule has 0 aliphatic carbocycles. The van der Waals surface area contributed by atoms with Crippen LogP contribution in [-0.4, -0.2) is 36.8 Å². The number of carbonyl (C=O) groups excluding carboxylic acids is 1. The van der Waals surface area contributed by atoms with E-state index in [4.69, 9.17) is 4.74 Å². The number of ether oxygens (including phenoxy) is 1. The number of hydrogen-bond acceptors (Lipinski definition) is 4. The van der Waals surface area contributed by atoms with Crippen molar-refractivity contribution in [3.8, 4) is 0 Å². The third kappa shape index (κ3) is 5.28. The first-order valence-electron chi connectivity index (χ1n) is 8.10. The lowest BCUT2D eigenvalue weighted by molar-refractivity contribution is -0.137. The van der Waals surface area contributed by atoms with Crippen molar-refractivity contribution in [2.24, 2.45) is 0 Å². The Balaban J connectivity index is 1.94. The van der Waals surface area contributed by atoms with Crippen LogP contribution in [0.3, 0.4) is 0 Å². The van der Waals surface area contributed by atoms with Crippen LogP contribution < -0.4 is 10.2 Å². The van der Waals surface area contributed by atoms with Crippen LogP contribution in [0.4, 0.5) is 23.7 Å². The lowest BCUT2D eigenvalue weighted by Gasteiger charge is -2.34. The molecule has 24 heavy (non-hydrogen) atoms. The van der Waals surface area contributed by atoms with E-state index in [2.05, 4.69) is 10.3 Å². The van der Waals surface area contributed by atoms with Gasteiger partial charge in [0.25, 0.3) is 0 Å². The van der Waals surface area contributed by atoms with E-state index in [-0.39, 0.29) is 6.04 Å². The molecule has 0 spiro atoms. The Bertz CT molecular complexity index is 552. The standard InChI is InChI=1S/C16H22F3N3O2/c1-2-3-7-24-15(23)21-13-5-4-6-22(11-13)14-8-12(9-20-10-14)16(17,18)19/h8-10,13H,2-7,11H2,1H3,(H,21,23)/t13-/m0/s1. The Morgan fingerprint density at radius 2 is 2.25 bits per heavy atom. The van der Waals surface area contributed by atoms with Crippen LogP contribution in [0, 0.1) is 0 Å². The monoisotopic (exact) mass is 345 g/mol. The predicted octanol–water partition coefficient (Wildman–Crippen LogP) is 3.60. The summed E-state index contributed by atoms with van der Waals surface area (Å²) in [5, 5.41) is 2.78. The first-order valence-corrected chi connectivity index (χ1v) is 8.10. The average molecular weight is 345 g/mol. The Kier molecular flexibility index (Phi) is 6.28. The van der Waals surface area contributed by atoms with Crippen molar-refractivity contribution in [2.45, 2.75) is 44.8 Å². The molecule has 1 aromatic rings. The number of aromatic nitrogens is 1. The molecule has 1 aliphatic rings. The number of anilines is 1. The molecule has 2 heterocycles. The number of piperidine rings is 1. The molecule has 1 aliphatic heterocycles. The summed E-state index contributed by atoms with van der Waals surface area (Å²) in [7, 11) is 0. The van der Waals surface area contributed by atoms with Gasteiger partial charge in [0.15, 0.2) is 0 Å². The highest BCUT2D eigenvalue weighted by Gasteiger charge is 2.32. The molecular weight excluding hydrogens is 323 g/mol. The molecule has 1 aromatic heterocycles. The highest BCUT2D eigenvalue weighted by atomic mass is 19.4. The van der Waals surface area contributed by atoms with Gasteiger partial charge in [-0.25, -0.2) is 4.79 Å². The van der Waals surface area contributed by atoms with Gasteiger partial charge in [-0.3, -0.25) is 4.98 Å². The zero-order valence-electron chi connectivity index (χ0n) is 13.6. The number of carbonyl (C=O) groups is 1. The number of rotatable bonds is 5. The Morgan fingerprint density at radius 3 is 2.96 bits per heavy atom. The van der Waals surface area contributed by atoms with Gasteiger partial charge >= 0.3 is 12.3 Å². The molecule has 8 heteroatoms. The van der Waals surface area contributed by atoms with Gasteiger partial charge in [-0.2, -0.15) is 13.2 Å². The molecule has 0 unspecified atom stereocenters. The molecule has 2 rings (SSSR count). The summed E-state index contributed by atoms with van der Waals surface area (Å²) in [4.78, 5) is 17.2. The van der Waals surface area contributed by atoms with Crippen molar-refractivity contribution in [2.75, 3.05) is 24.6 Å². The van der Waals surface area contributed by atoms with Gasteiger partial charge in [0.2, 0.25) is 0 Å². The summed E-state index contributed by atoms with van der Waals surface area (Å²) in [5.74, 6) is 0. The van der Waals surface area contributed by atoms with E-state index < -0.39 is 17.8 Å². The molecular formula is C16H22F3N3O2. The van der Waals surface area contributed by atoms with E-state index in [1.54, 1.807) is 0 Å². The second-order valence-corrected chi connectivity index (χ2v) is 5.85. The van der Waals surface area contributed by atoms with E-state index >= 15 is 0 Å². The van der Waals surface area contributed by atoms with Crippen molar-refractivity contribution in [1.29, 1.82) is 0 Å². The third-order valence-corrected chi connectivity index (χ3v) is 3.89. The SMILES string of the molecule is CCCCOC(=O)N[C@H]1CCCN(c2cncc(C(F)(F)F)c2)C1. The topological polar surface area (TPSA) is 54.5 Å². The van der Waals surface area contributed by atoms with Crippen LogP contribution in [0.1, 0.15) is 38.2 Å². The molecule has 0 bridgehead atoms. The molecule has 0 aromatic carbocycles. The minimum atomic E-state index is -4.42. The van der Waals surface area contributed by atoms with Gasteiger partial charge in [-0.15, -0.1) is 0 Å². The van der Waals surface area contributed by atoms with Gasteiger partial charge < -0.3 is 15.0 Å². The van der Waals surface area contributed by atoms with E-state index in [1.807, 2.05) is 11.8 Å². The normalized spacial score (nSPS) is 18.3. The van der Waals surface area contributed by atoms with Crippen LogP contribution in [0.2, 0.25) is 0 Å². The van der Waals surface area contributed by atoms with Gasteiger partial charge in [-0.1, -0.05) is 13.3 Å². The highest BCUT2D eigenvalue weighted by Crippen LogP contribution is 2.31. The number of pyridine rings is 1. The lowest BCUT2D eigenvalue weighted by atomic mass is 10.1. The second kappa shape index (κ2) is 8.21. The number of amides is 1. The molecule has 134 valence electrons. The number of hydrogen-bond donors (Lipinski definition) is 1. The van der Waals surface area contributed by atoms with Crippen molar-refractivity contribution in [3.63, 3.8) is 0 Å². The molecule has 1 amide bonds. The summed E-state index contributed by atoms with van der Waals surface area (Å²) >= 11 is 0. The van der Waals surface area contributed by atoms with Crippen molar-refractivity contribution < 1.29 is 22.7 Å². The minimum Gasteiger partial charge on any atom is -0.450 e. The number of nitrogens with zero attached hydrogens (tertiary/aromatic N) is 2. The second-order valence-electron chi connectivity index (χ2n) is 5.85. The summed E-state index contributed by atoms with van der Waals surface area (Å²) in [6.45, 7) is 3.44. The highest BCUT2D eigenvalue weighted by molar-refractivity contribution is 5.67. The maximum Gasteiger partial charge on any atom is 0.417 e. The van der Waals surface area contributed by atoms with Crippen LogP contribution in [0.15, 0.2) is 18.5 Å². The van der Waals surface area contributed by atoms with E-state index in [1.165, 1.54) is 6.20 Å². The average Bonchev–Trinajstić information content (AvgIpc) is 2.55. The van der Waals surface area contributed by atoms with Gasteiger partial charge in [0.05, 0.1) is 24.1 Å². The third-order valence-electron chi connectivity index (χ3n) is 3.89. The van der Waals surface area contributed by atoms with Gasteiger partial charge in [-0.05, 0) is 25.3 Å². The van der Waals surface area contributed by atoms with Gasteiger partial charge in [0, 0.05) is 25.3 Å². The van der Waals surface area contributed by atoms with Crippen LogP contribution >= 0.6 is 0 Å². The van der Waals surface area contributed by atoms with E-state index in [0.717, 1.165) is 37.9 Å². The molecule has 0 radical (unpaired) electrons. The van der Waals surface area contributed by atoms with Gasteiger partial charge in [0.1, 0.15) is 0 Å². The summed E-state index contributed by atoms with van der Waals surface area (Å²) in [6, 6.07) is 0.942. The fourth-order valence-electron chi connectivity index (χ4n) is 2.60. The number of alkyl carbamates (subject to hydrolysis) is 1. The zero-order chi connectivity index (χ0) is 17.6. The number of halogens is 3. The Labute approximate surface area is 139 Å². The molecule has 1 atom stereocenters. The number of unbranched alkanes of at least 4 members (excludes halogenated alkanes) is 1. The smallest absolute Gasteiger partial charge is 0.417 e. The van der Waals surface area contributed by atoms with Crippen LogP contribution in [0.5, 0.6) is 0 Å². The fourth-order valence-corrected chi connectivity index (χ4v) is 2.60. The van der Waals surface area contributed by atoms with Crippen molar-refractivity contribution >= 4 is 11.8 Å². The van der Waals surface area contributed by atoms with Crippen LogP contribution in [0.25, 0.3) is 0 Å². The number of nitrogens with one attached hydrogen (secondary N) is 1. The first-order chi connectivity index (χ1) is 11.4. The fraction of sp³-hybridized carbons (Fsp3) is 0.625.